The molecule has 0 spiro atoms. The van der Waals surface area contributed by atoms with Gasteiger partial charge in [0.25, 0.3) is 11.7 Å². The highest BCUT2D eigenvalue weighted by atomic mass is 32.1. The molecule has 1 aromatic heterocycles. The minimum Gasteiger partial charge on any atom is -0.507 e. The molecule has 0 saturated carbocycles. The van der Waals surface area contributed by atoms with E-state index in [2.05, 4.69) is 6.92 Å². The summed E-state index contributed by atoms with van der Waals surface area (Å²) in [7, 11) is 1.60. The molecule has 1 atom stereocenters. The van der Waals surface area contributed by atoms with E-state index in [0.717, 1.165) is 46.6 Å². The Labute approximate surface area is 182 Å². The third kappa shape index (κ3) is 3.88. The highest BCUT2D eigenvalue weighted by Gasteiger charge is 2.46. The second-order valence-corrected chi connectivity index (χ2v) is 8.75. The van der Waals surface area contributed by atoms with Crippen molar-refractivity contribution in [2.45, 2.75) is 53.0 Å². The minimum absolute atomic E-state index is 0.118. The molecular formula is C24H29NO4S. The number of hydrogen-bond acceptors (Lipinski definition) is 5. The summed E-state index contributed by atoms with van der Waals surface area (Å²) in [6.07, 6.45) is 2.83. The molecule has 160 valence electrons. The smallest absolute Gasteiger partial charge is 0.295 e. The summed E-state index contributed by atoms with van der Waals surface area (Å²) in [5.41, 5.74) is 3.38. The van der Waals surface area contributed by atoms with E-state index >= 15 is 0 Å². The largest absolute Gasteiger partial charge is 0.507 e. The summed E-state index contributed by atoms with van der Waals surface area (Å²) < 4.78 is 5.37. The molecular weight excluding hydrogens is 398 g/mol. The fraction of sp³-hybridized carbons (Fsp3) is 0.417. The number of hydrogen-bond donors (Lipinski definition) is 1. The minimum atomic E-state index is -0.616. The van der Waals surface area contributed by atoms with Gasteiger partial charge in [0.15, 0.2) is 0 Å². The van der Waals surface area contributed by atoms with E-state index in [1.807, 2.05) is 44.4 Å². The highest BCUT2D eigenvalue weighted by Crippen LogP contribution is 2.43. The van der Waals surface area contributed by atoms with Crippen LogP contribution in [-0.2, 0) is 9.59 Å². The maximum atomic E-state index is 13.1. The van der Waals surface area contributed by atoms with Crippen molar-refractivity contribution >= 4 is 28.8 Å². The SMILES string of the molecule is CCCCCN1C(=O)C(=O)/C(=C(/O)c2cc(C)c(OC)cc2C)C1c1sccc1C. The van der Waals surface area contributed by atoms with Crippen LogP contribution in [0.1, 0.15) is 59.4 Å². The van der Waals surface area contributed by atoms with Crippen LogP contribution < -0.4 is 4.74 Å². The zero-order chi connectivity index (χ0) is 22.0. The van der Waals surface area contributed by atoms with Crippen molar-refractivity contribution in [3.05, 3.63) is 56.3 Å². The molecule has 1 aromatic carbocycles. The Morgan fingerprint density at radius 3 is 2.47 bits per heavy atom. The number of aryl methyl sites for hydroxylation is 3. The molecule has 0 radical (unpaired) electrons. The number of thiophene rings is 1. The average Bonchev–Trinajstić information content (AvgIpc) is 3.24. The van der Waals surface area contributed by atoms with Gasteiger partial charge >= 0.3 is 0 Å². The number of aliphatic hydroxyl groups is 1. The normalized spacial score (nSPS) is 18.3. The number of ketones is 1. The number of ether oxygens (including phenoxy) is 1. The molecule has 1 saturated heterocycles. The number of Topliss-reactive ketones (excluding diaryl/α,β-unsaturated/α-hetero) is 1. The van der Waals surface area contributed by atoms with E-state index in [1.165, 1.54) is 11.3 Å². The second kappa shape index (κ2) is 9.04. The van der Waals surface area contributed by atoms with Crippen molar-refractivity contribution in [3.8, 4) is 5.75 Å². The summed E-state index contributed by atoms with van der Waals surface area (Å²) in [6, 6.07) is 5.08. The lowest BCUT2D eigenvalue weighted by molar-refractivity contribution is -0.139. The maximum Gasteiger partial charge on any atom is 0.295 e. The van der Waals surface area contributed by atoms with Gasteiger partial charge in [0, 0.05) is 17.0 Å². The Bertz CT molecular complexity index is 1000. The van der Waals surface area contributed by atoms with Crippen LogP contribution in [0.3, 0.4) is 0 Å². The summed E-state index contributed by atoms with van der Waals surface area (Å²) >= 11 is 1.51. The number of nitrogens with zero attached hydrogens (tertiary/aromatic N) is 1. The zero-order valence-electron chi connectivity index (χ0n) is 18.2. The van der Waals surface area contributed by atoms with Crippen LogP contribution >= 0.6 is 11.3 Å². The van der Waals surface area contributed by atoms with Crippen molar-refractivity contribution in [1.82, 2.24) is 4.90 Å². The van der Waals surface area contributed by atoms with Gasteiger partial charge in [0.05, 0.1) is 18.7 Å². The van der Waals surface area contributed by atoms with Crippen LogP contribution in [-0.4, -0.2) is 35.4 Å². The molecule has 2 heterocycles. The van der Waals surface area contributed by atoms with E-state index in [-0.39, 0.29) is 11.3 Å². The first-order chi connectivity index (χ1) is 14.3. The molecule has 1 N–H and O–H groups in total. The van der Waals surface area contributed by atoms with E-state index in [9.17, 15) is 14.7 Å². The van der Waals surface area contributed by atoms with Crippen LogP contribution in [0.5, 0.6) is 5.75 Å². The Hall–Kier alpha value is -2.60. The summed E-state index contributed by atoms with van der Waals surface area (Å²) in [6.45, 7) is 8.32. The fourth-order valence-corrected chi connectivity index (χ4v) is 5.04. The topological polar surface area (TPSA) is 66.8 Å². The van der Waals surface area contributed by atoms with Gasteiger partial charge in [-0.3, -0.25) is 9.59 Å². The number of aliphatic hydroxyl groups excluding tert-OH is 1. The zero-order valence-corrected chi connectivity index (χ0v) is 19.1. The Morgan fingerprint density at radius 2 is 1.87 bits per heavy atom. The van der Waals surface area contributed by atoms with Crippen molar-refractivity contribution in [3.63, 3.8) is 0 Å². The first-order valence-electron chi connectivity index (χ1n) is 10.3. The van der Waals surface area contributed by atoms with E-state index in [4.69, 9.17) is 4.74 Å². The standard InChI is InChI=1S/C24H29NO4S/c1-6-7-8-10-25-20(23-14(2)9-11-30-23)19(22(27)24(25)28)21(26)17-12-16(4)18(29-5)13-15(17)3/h9,11-13,20,26H,6-8,10H2,1-5H3/b21-19+. The van der Waals surface area contributed by atoms with E-state index in [1.54, 1.807) is 12.0 Å². The van der Waals surface area contributed by atoms with E-state index in [0.29, 0.717) is 12.1 Å². The number of likely N-dealkylation sites (tertiary alicyclic amines) is 1. The first-order valence-corrected chi connectivity index (χ1v) is 11.2. The molecule has 0 aliphatic carbocycles. The van der Waals surface area contributed by atoms with Gasteiger partial charge in [-0.05, 0) is 67.5 Å². The van der Waals surface area contributed by atoms with Gasteiger partial charge in [-0.25, -0.2) is 0 Å². The third-order valence-corrected chi connectivity index (χ3v) is 6.76. The van der Waals surface area contributed by atoms with Gasteiger partial charge in [0.2, 0.25) is 0 Å². The molecule has 5 nitrogen and oxygen atoms in total. The number of rotatable bonds is 7. The number of carbonyl (C=O) groups excluding carboxylic acids is 2. The molecule has 0 bridgehead atoms. The number of carbonyl (C=O) groups is 2. The van der Waals surface area contributed by atoms with Gasteiger partial charge in [-0.2, -0.15) is 0 Å². The average molecular weight is 428 g/mol. The molecule has 1 aliphatic rings. The van der Waals surface area contributed by atoms with Crippen molar-refractivity contribution in [1.29, 1.82) is 0 Å². The lowest BCUT2D eigenvalue weighted by Gasteiger charge is -2.25. The molecule has 2 aromatic rings. The quantitative estimate of drug-likeness (QED) is 0.282. The Morgan fingerprint density at radius 1 is 1.13 bits per heavy atom. The molecule has 1 fully saturated rings. The summed E-state index contributed by atoms with van der Waals surface area (Å²) in [5, 5.41) is 13.2. The lowest BCUT2D eigenvalue weighted by Crippen LogP contribution is -2.30. The van der Waals surface area contributed by atoms with Gasteiger partial charge in [-0.15, -0.1) is 11.3 Å². The molecule has 30 heavy (non-hydrogen) atoms. The van der Waals surface area contributed by atoms with E-state index < -0.39 is 17.7 Å². The van der Waals surface area contributed by atoms with Gasteiger partial charge < -0.3 is 14.7 Å². The lowest BCUT2D eigenvalue weighted by atomic mass is 9.95. The highest BCUT2D eigenvalue weighted by molar-refractivity contribution is 7.10. The van der Waals surface area contributed by atoms with Crippen LogP contribution in [0.15, 0.2) is 29.2 Å². The molecule has 1 amide bonds. The summed E-state index contributed by atoms with van der Waals surface area (Å²) in [4.78, 5) is 28.6. The fourth-order valence-electron chi connectivity index (χ4n) is 3.99. The van der Waals surface area contributed by atoms with Crippen molar-refractivity contribution < 1.29 is 19.4 Å². The number of unbranched alkanes of at least 4 members (excludes halogenated alkanes) is 2. The van der Waals surface area contributed by atoms with Crippen LogP contribution in [0.25, 0.3) is 5.76 Å². The Kier molecular flexibility index (Phi) is 6.66. The van der Waals surface area contributed by atoms with Crippen molar-refractivity contribution in [2.75, 3.05) is 13.7 Å². The Balaban J connectivity index is 2.17. The number of amides is 1. The van der Waals surface area contributed by atoms with Crippen LogP contribution in [0.4, 0.5) is 0 Å². The monoisotopic (exact) mass is 427 g/mol. The molecule has 1 unspecified atom stereocenters. The van der Waals surface area contributed by atoms with Gasteiger partial charge in [0.1, 0.15) is 11.5 Å². The molecule has 3 rings (SSSR count). The molecule has 1 aliphatic heterocycles. The molecule has 6 heteroatoms. The van der Waals surface area contributed by atoms with Crippen LogP contribution in [0, 0.1) is 20.8 Å². The summed E-state index contributed by atoms with van der Waals surface area (Å²) in [5.74, 6) is -0.551. The van der Waals surface area contributed by atoms with Crippen LogP contribution in [0.2, 0.25) is 0 Å². The van der Waals surface area contributed by atoms with Gasteiger partial charge in [-0.1, -0.05) is 19.8 Å². The number of benzene rings is 1. The number of methoxy groups -OCH3 is 1. The van der Waals surface area contributed by atoms with Crippen molar-refractivity contribution in [2.24, 2.45) is 0 Å². The first kappa shape index (κ1) is 22.1. The third-order valence-electron chi connectivity index (χ3n) is 5.69. The predicted octanol–water partition coefficient (Wildman–Crippen LogP) is 5.29. The maximum absolute atomic E-state index is 13.1. The second-order valence-electron chi connectivity index (χ2n) is 7.80. The predicted molar refractivity (Wildman–Crippen MR) is 120 cm³/mol.